The van der Waals surface area contributed by atoms with E-state index < -0.39 is 0 Å². The third-order valence-electron chi connectivity index (χ3n) is 1.75. The topological polar surface area (TPSA) is 21.3 Å². The first kappa shape index (κ1) is 11.8. The average Bonchev–Trinajstić information content (AvgIpc) is 2.08. The van der Waals surface area contributed by atoms with Crippen LogP contribution in [0.5, 0.6) is 5.75 Å². The predicted octanol–water partition coefficient (Wildman–Crippen LogP) is 3.43. The van der Waals surface area contributed by atoms with E-state index in [1.54, 1.807) is 6.07 Å². The second-order valence-electron chi connectivity index (χ2n) is 4.11. The normalized spacial score (nSPS) is 10.9. The largest absolute Gasteiger partial charge is 0.488 e. The number of benzene rings is 1. The van der Waals surface area contributed by atoms with Crippen molar-refractivity contribution in [3.8, 4) is 5.75 Å². The lowest BCUT2D eigenvalue weighted by Gasteiger charge is -2.13. The Hall–Kier alpha value is -1.25. The second kappa shape index (κ2) is 5.01. The number of rotatable bonds is 4. The predicted molar refractivity (Wildman–Crippen MR) is 60.9 cm³/mol. The number of halogens is 1. The van der Waals surface area contributed by atoms with Gasteiger partial charge in [0.1, 0.15) is 0 Å². The molecule has 0 aliphatic heterocycles. The summed E-state index contributed by atoms with van der Waals surface area (Å²) in [5.74, 6) is -0.0198. The van der Waals surface area contributed by atoms with Crippen molar-refractivity contribution < 1.29 is 9.13 Å². The average molecular weight is 211 g/mol. The van der Waals surface area contributed by atoms with E-state index in [4.69, 9.17) is 4.74 Å². The second-order valence-corrected chi connectivity index (χ2v) is 4.11. The zero-order chi connectivity index (χ0) is 11.4. The number of nitrogens with one attached hydrogen (secondary N) is 1. The molecule has 3 heteroatoms. The van der Waals surface area contributed by atoms with Crippen LogP contribution in [0.25, 0.3) is 0 Å². The van der Waals surface area contributed by atoms with Crippen LogP contribution in [0.3, 0.4) is 0 Å². The summed E-state index contributed by atoms with van der Waals surface area (Å²) in [4.78, 5) is 0. The number of hydrogen-bond acceptors (Lipinski definition) is 2. The molecule has 0 aliphatic rings. The van der Waals surface area contributed by atoms with Crippen molar-refractivity contribution in [1.29, 1.82) is 0 Å². The molecule has 15 heavy (non-hydrogen) atoms. The molecule has 0 unspecified atom stereocenters. The minimum atomic E-state index is -0.325. The van der Waals surface area contributed by atoms with Crippen LogP contribution < -0.4 is 10.1 Å². The molecular formula is C12H18FNO. The molecule has 0 heterocycles. The van der Waals surface area contributed by atoms with E-state index in [9.17, 15) is 4.39 Å². The van der Waals surface area contributed by atoms with Crippen LogP contribution in [-0.2, 0) is 0 Å². The Morgan fingerprint density at radius 2 is 1.87 bits per heavy atom. The van der Waals surface area contributed by atoms with Gasteiger partial charge in [-0.2, -0.15) is 0 Å². The monoisotopic (exact) mass is 211 g/mol. The lowest BCUT2D eigenvalue weighted by molar-refractivity contribution is 0.231. The molecule has 1 aromatic carbocycles. The number of ether oxygens (including phenoxy) is 1. The van der Waals surface area contributed by atoms with Crippen LogP contribution >= 0.6 is 0 Å². The van der Waals surface area contributed by atoms with Crippen molar-refractivity contribution in [2.45, 2.75) is 39.8 Å². The van der Waals surface area contributed by atoms with Gasteiger partial charge < -0.3 is 10.1 Å². The van der Waals surface area contributed by atoms with E-state index >= 15 is 0 Å². The summed E-state index contributed by atoms with van der Waals surface area (Å²) in [7, 11) is 0. The summed E-state index contributed by atoms with van der Waals surface area (Å²) in [5, 5.41) is 3.13. The Morgan fingerprint density at radius 3 is 2.33 bits per heavy atom. The highest BCUT2D eigenvalue weighted by Gasteiger charge is 2.06. The highest BCUT2D eigenvalue weighted by atomic mass is 19.1. The van der Waals surface area contributed by atoms with E-state index in [-0.39, 0.29) is 11.9 Å². The van der Waals surface area contributed by atoms with Crippen LogP contribution in [0.4, 0.5) is 10.1 Å². The summed E-state index contributed by atoms with van der Waals surface area (Å²) < 4.78 is 18.8. The summed E-state index contributed by atoms with van der Waals surface area (Å²) in [5.41, 5.74) is 0.776. The van der Waals surface area contributed by atoms with Gasteiger partial charge in [0.05, 0.1) is 6.10 Å². The standard InChI is InChI=1S/C12H18FNO/c1-8(2)14-10-5-6-12(11(13)7-10)15-9(3)4/h5-9,14H,1-4H3. The quantitative estimate of drug-likeness (QED) is 0.823. The molecule has 0 aromatic heterocycles. The smallest absolute Gasteiger partial charge is 0.167 e. The first-order valence-corrected chi connectivity index (χ1v) is 5.21. The summed E-state index contributed by atoms with van der Waals surface area (Å²) >= 11 is 0. The molecule has 0 saturated heterocycles. The van der Waals surface area contributed by atoms with Crippen molar-refractivity contribution in [3.63, 3.8) is 0 Å². The van der Waals surface area contributed by atoms with E-state index in [1.165, 1.54) is 6.07 Å². The summed E-state index contributed by atoms with van der Waals surface area (Å²) in [6, 6.07) is 5.22. The number of hydrogen-bond donors (Lipinski definition) is 1. The molecule has 84 valence electrons. The van der Waals surface area contributed by atoms with Gasteiger partial charge in [-0.3, -0.25) is 0 Å². The van der Waals surface area contributed by atoms with Gasteiger partial charge in [-0.15, -0.1) is 0 Å². The van der Waals surface area contributed by atoms with E-state index in [1.807, 2.05) is 33.8 Å². The van der Waals surface area contributed by atoms with Crippen molar-refractivity contribution in [1.82, 2.24) is 0 Å². The molecule has 0 amide bonds. The van der Waals surface area contributed by atoms with Crippen molar-refractivity contribution in [2.75, 3.05) is 5.32 Å². The number of anilines is 1. The van der Waals surface area contributed by atoms with Gasteiger partial charge in [-0.1, -0.05) is 0 Å². The molecule has 0 aliphatic carbocycles. The van der Waals surface area contributed by atoms with Gasteiger partial charge in [0, 0.05) is 17.8 Å². The van der Waals surface area contributed by atoms with Gasteiger partial charge >= 0.3 is 0 Å². The molecule has 2 nitrogen and oxygen atoms in total. The van der Waals surface area contributed by atoms with E-state index in [2.05, 4.69) is 5.32 Å². The third-order valence-corrected chi connectivity index (χ3v) is 1.75. The first-order chi connectivity index (χ1) is 6.99. The Bertz CT molecular complexity index is 323. The Balaban J connectivity index is 2.78. The molecule has 1 rings (SSSR count). The summed E-state index contributed by atoms with van der Waals surface area (Å²) in [6.45, 7) is 7.77. The van der Waals surface area contributed by atoms with Crippen molar-refractivity contribution >= 4 is 5.69 Å². The van der Waals surface area contributed by atoms with Crippen LogP contribution in [0.15, 0.2) is 18.2 Å². The van der Waals surface area contributed by atoms with Gasteiger partial charge in [0.25, 0.3) is 0 Å². The van der Waals surface area contributed by atoms with Gasteiger partial charge in [-0.05, 0) is 39.8 Å². The fraction of sp³-hybridized carbons (Fsp3) is 0.500. The van der Waals surface area contributed by atoms with Crippen molar-refractivity contribution in [3.05, 3.63) is 24.0 Å². The molecular weight excluding hydrogens is 193 g/mol. The van der Waals surface area contributed by atoms with Gasteiger partial charge in [0.2, 0.25) is 0 Å². The Kier molecular flexibility index (Phi) is 3.95. The maximum absolute atomic E-state index is 13.5. The van der Waals surface area contributed by atoms with Crippen LogP contribution in [-0.4, -0.2) is 12.1 Å². The molecule has 0 radical (unpaired) electrons. The lowest BCUT2D eigenvalue weighted by atomic mass is 10.2. The zero-order valence-electron chi connectivity index (χ0n) is 9.67. The maximum Gasteiger partial charge on any atom is 0.167 e. The molecule has 1 aromatic rings. The fourth-order valence-corrected chi connectivity index (χ4v) is 1.27. The minimum Gasteiger partial charge on any atom is -0.488 e. The maximum atomic E-state index is 13.5. The van der Waals surface area contributed by atoms with Crippen molar-refractivity contribution in [2.24, 2.45) is 0 Å². The van der Waals surface area contributed by atoms with Crippen LogP contribution in [0.1, 0.15) is 27.7 Å². The van der Waals surface area contributed by atoms with E-state index in [0.29, 0.717) is 11.8 Å². The fourth-order valence-electron chi connectivity index (χ4n) is 1.27. The van der Waals surface area contributed by atoms with Gasteiger partial charge in [0.15, 0.2) is 11.6 Å². The molecule has 0 bridgehead atoms. The SMILES string of the molecule is CC(C)Nc1ccc(OC(C)C)c(F)c1. The summed E-state index contributed by atoms with van der Waals surface area (Å²) in [6.07, 6.45) is -0.0107. The first-order valence-electron chi connectivity index (χ1n) is 5.21. The molecule has 0 spiro atoms. The Labute approximate surface area is 90.4 Å². The third kappa shape index (κ3) is 3.78. The minimum absolute atomic E-state index is 0.0107. The lowest BCUT2D eigenvalue weighted by Crippen LogP contribution is -2.11. The van der Waals surface area contributed by atoms with Crippen LogP contribution in [0, 0.1) is 5.82 Å². The molecule has 0 fully saturated rings. The zero-order valence-corrected chi connectivity index (χ0v) is 9.67. The molecule has 0 atom stereocenters. The highest BCUT2D eigenvalue weighted by Crippen LogP contribution is 2.22. The highest BCUT2D eigenvalue weighted by molar-refractivity contribution is 5.47. The molecule has 1 N–H and O–H groups in total. The van der Waals surface area contributed by atoms with Crippen LogP contribution in [0.2, 0.25) is 0 Å². The molecule has 0 saturated carbocycles. The Morgan fingerprint density at radius 1 is 1.20 bits per heavy atom. The van der Waals surface area contributed by atoms with Gasteiger partial charge in [-0.25, -0.2) is 4.39 Å². The van der Waals surface area contributed by atoms with E-state index in [0.717, 1.165) is 5.69 Å².